The van der Waals surface area contributed by atoms with Gasteiger partial charge in [-0.3, -0.25) is 4.79 Å². The number of likely N-dealkylation sites (N-methyl/N-ethyl adjacent to an activating group) is 1. The fourth-order valence-electron chi connectivity index (χ4n) is 1.49. The number of rotatable bonds is 1. The van der Waals surface area contributed by atoms with E-state index >= 15 is 0 Å². The number of nitrogens with one attached hydrogen (secondary N) is 1. The molecule has 17 heavy (non-hydrogen) atoms. The summed E-state index contributed by atoms with van der Waals surface area (Å²) in [6, 6.07) is -0.534. The predicted octanol–water partition coefficient (Wildman–Crippen LogP) is 1.30. The number of ether oxygens (including phenoxy) is 1. The Bertz CT molecular complexity index is 331. The van der Waals surface area contributed by atoms with E-state index in [2.05, 4.69) is 5.32 Å². The summed E-state index contributed by atoms with van der Waals surface area (Å²) in [5.74, 6) is -0.0964. The highest BCUT2D eigenvalue weighted by Gasteiger charge is 2.26. The summed E-state index contributed by atoms with van der Waals surface area (Å²) in [6.07, 6.45) is 3.75. The van der Waals surface area contributed by atoms with Crippen LogP contribution in [-0.2, 0) is 9.53 Å². The van der Waals surface area contributed by atoms with Crippen LogP contribution in [0.3, 0.4) is 0 Å². The maximum atomic E-state index is 11.9. The Hall–Kier alpha value is -1.52. The zero-order chi connectivity index (χ0) is 13.1. The maximum Gasteiger partial charge on any atom is 0.408 e. The molecule has 5 nitrogen and oxygen atoms in total. The highest BCUT2D eigenvalue weighted by molar-refractivity contribution is 5.86. The number of carbonyl (C=O) groups excluding carboxylic acids is 2. The van der Waals surface area contributed by atoms with E-state index in [9.17, 15) is 9.59 Å². The van der Waals surface area contributed by atoms with Crippen molar-refractivity contribution in [1.82, 2.24) is 10.2 Å². The second kappa shape index (κ2) is 5.21. The van der Waals surface area contributed by atoms with Gasteiger partial charge in [-0.05, 0) is 27.2 Å². The lowest BCUT2D eigenvalue weighted by atomic mass is 10.2. The lowest BCUT2D eigenvalue weighted by Crippen LogP contribution is -2.47. The van der Waals surface area contributed by atoms with Crippen molar-refractivity contribution in [2.75, 3.05) is 13.6 Å². The third kappa shape index (κ3) is 4.46. The van der Waals surface area contributed by atoms with E-state index in [1.807, 2.05) is 12.2 Å². The van der Waals surface area contributed by atoms with Gasteiger partial charge in [-0.2, -0.15) is 0 Å². The van der Waals surface area contributed by atoms with Gasteiger partial charge in [0, 0.05) is 13.6 Å². The zero-order valence-corrected chi connectivity index (χ0v) is 10.8. The van der Waals surface area contributed by atoms with Crippen LogP contribution in [0.15, 0.2) is 12.2 Å². The van der Waals surface area contributed by atoms with E-state index in [0.29, 0.717) is 13.0 Å². The van der Waals surface area contributed by atoms with E-state index < -0.39 is 17.7 Å². The van der Waals surface area contributed by atoms with Crippen molar-refractivity contribution < 1.29 is 14.3 Å². The fourth-order valence-corrected chi connectivity index (χ4v) is 1.49. The second-order valence-corrected chi connectivity index (χ2v) is 5.12. The van der Waals surface area contributed by atoms with Crippen molar-refractivity contribution in [2.45, 2.75) is 38.8 Å². The molecular formula is C12H20N2O3. The van der Waals surface area contributed by atoms with Crippen LogP contribution < -0.4 is 5.32 Å². The first-order chi connectivity index (χ1) is 7.79. The van der Waals surface area contributed by atoms with Crippen LogP contribution in [0.2, 0.25) is 0 Å². The molecule has 1 rings (SSSR count). The quantitative estimate of drug-likeness (QED) is 0.703. The fraction of sp³-hybridized carbons (Fsp3) is 0.667. The average Bonchev–Trinajstić information content (AvgIpc) is 2.30. The summed E-state index contributed by atoms with van der Waals surface area (Å²) in [7, 11) is 1.71. The smallest absolute Gasteiger partial charge is 0.408 e. The summed E-state index contributed by atoms with van der Waals surface area (Å²) in [4.78, 5) is 25.0. The van der Waals surface area contributed by atoms with Crippen LogP contribution >= 0.6 is 0 Å². The molecule has 0 bridgehead atoms. The summed E-state index contributed by atoms with van der Waals surface area (Å²) >= 11 is 0. The van der Waals surface area contributed by atoms with Gasteiger partial charge in [-0.1, -0.05) is 12.2 Å². The van der Waals surface area contributed by atoms with Crippen molar-refractivity contribution in [2.24, 2.45) is 0 Å². The summed E-state index contributed by atoms with van der Waals surface area (Å²) in [5.41, 5.74) is -0.556. The van der Waals surface area contributed by atoms with Crippen LogP contribution in [0.4, 0.5) is 4.79 Å². The normalized spacial score (nSPS) is 21.1. The topological polar surface area (TPSA) is 58.6 Å². The second-order valence-electron chi connectivity index (χ2n) is 5.12. The molecule has 0 aromatic heterocycles. The first-order valence-electron chi connectivity index (χ1n) is 5.69. The van der Waals surface area contributed by atoms with Gasteiger partial charge in [0.1, 0.15) is 11.6 Å². The number of carbonyl (C=O) groups is 2. The molecule has 1 aliphatic heterocycles. The van der Waals surface area contributed by atoms with Gasteiger partial charge in [0.05, 0.1) is 0 Å². The van der Waals surface area contributed by atoms with E-state index in [0.717, 1.165) is 0 Å². The Morgan fingerprint density at radius 1 is 1.47 bits per heavy atom. The standard InChI is InChI=1S/C12H20N2O3/c1-12(2,3)17-11(16)13-9-7-5-6-8-14(4)10(9)15/h5-6,9H,7-8H2,1-4H3,(H,13,16)/t9-/m0/s1. The number of alkyl carbamates (subject to hydrolysis) is 1. The molecule has 0 saturated carbocycles. The Morgan fingerprint density at radius 2 is 2.12 bits per heavy atom. The third-order valence-electron chi connectivity index (χ3n) is 2.28. The molecule has 96 valence electrons. The molecule has 1 N–H and O–H groups in total. The molecule has 0 aromatic carbocycles. The minimum absolute atomic E-state index is 0.0964. The van der Waals surface area contributed by atoms with Crippen molar-refractivity contribution >= 4 is 12.0 Å². The van der Waals surface area contributed by atoms with Crippen molar-refractivity contribution in [3.8, 4) is 0 Å². The molecule has 0 fully saturated rings. The molecule has 1 aliphatic rings. The summed E-state index contributed by atoms with van der Waals surface area (Å²) < 4.78 is 5.12. The van der Waals surface area contributed by atoms with Gasteiger partial charge >= 0.3 is 6.09 Å². The minimum atomic E-state index is -0.556. The van der Waals surface area contributed by atoms with Gasteiger partial charge in [0.25, 0.3) is 0 Å². The highest BCUT2D eigenvalue weighted by atomic mass is 16.6. The highest BCUT2D eigenvalue weighted by Crippen LogP contribution is 2.09. The SMILES string of the molecule is CN1CC=CC[C@H](NC(=O)OC(C)(C)C)C1=O. The maximum absolute atomic E-state index is 11.9. The molecule has 1 heterocycles. The van der Waals surface area contributed by atoms with Crippen molar-refractivity contribution in [3.05, 3.63) is 12.2 Å². The first-order valence-corrected chi connectivity index (χ1v) is 5.69. The number of hydrogen-bond acceptors (Lipinski definition) is 3. The zero-order valence-electron chi connectivity index (χ0n) is 10.8. The monoisotopic (exact) mass is 240 g/mol. The van der Waals surface area contributed by atoms with Gasteiger partial charge in [-0.25, -0.2) is 4.79 Å². The minimum Gasteiger partial charge on any atom is -0.444 e. The largest absolute Gasteiger partial charge is 0.444 e. The number of nitrogens with zero attached hydrogens (tertiary/aromatic N) is 1. The molecule has 0 saturated heterocycles. The van der Waals surface area contributed by atoms with Crippen molar-refractivity contribution in [3.63, 3.8) is 0 Å². The Balaban J connectivity index is 2.58. The predicted molar refractivity (Wildman–Crippen MR) is 64.6 cm³/mol. The first kappa shape index (κ1) is 13.5. The lowest BCUT2D eigenvalue weighted by molar-refractivity contribution is -0.131. The van der Waals surface area contributed by atoms with Gasteiger partial charge < -0.3 is 15.0 Å². The van der Waals surface area contributed by atoms with Crippen LogP contribution in [0, 0.1) is 0 Å². The molecule has 0 spiro atoms. The van der Waals surface area contributed by atoms with E-state index in [4.69, 9.17) is 4.74 Å². The Kier molecular flexibility index (Phi) is 4.15. The average molecular weight is 240 g/mol. The van der Waals surface area contributed by atoms with E-state index in [1.165, 1.54) is 0 Å². The van der Waals surface area contributed by atoms with Gasteiger partial charge in [-0.15, -0.1) is 0 Å². The Morgan fingerprint density at radius 3 is 2.71 bits per heavy atom. The lowest BCUT2D eigenvalue weighted by Gasteiger charge is -2.24. The molecule has 0 aromatic rings. The number of hydrogen-bond donors (Lipinski definition) is 1. The summed E-state index contributed by atoms with van der Waals surface area (Å²) in [5, 5.41) is 2.59. The molecule has 2 amide bonds. The number of amides is 2. The van der Waals surface area contributed by atoms with Gasteiger partial charge in [0.15, 0.2) is 0 Å². The third-order valence-corrected chi connectivity index (χ3v) is 2.28. The van der Waals surface area contributed by atoms with E-state index in [-0.39, 0.29) is 5.91 Å². The van der Waals surface area contributed by atoms with Crippen LogP contribution in [0.5, 0.6) is 0 Å². The molecule has 0 radical (unpaired) electrons. The van der Waals surface area contributed by atoms with Crippen molar-refractivity contribution in [1.29, 1.82) is 0 Å². The molecular weight excluding hydrogens is 220 g/mol. The molecule has 1 atom stereocenters. The molecule has 0 unspecified atom stereocenters. The van der Waals surface area contributed by atoms with Crippen LogP contribution in [0.25, 0.3) is 0 Å². The molecule has 5 heteroatoms. The molecule has 0 aliphatic carbocycles. The van der Waals surface area contributed by atoms with Crippen LogP contribution in [-0.4, -0.2) is 42.1 Å². The Labute approximate surface area is 102 Å². The summed E-state index contributed by atoms with van der Waals surface area (Å²) in [6.45, 7) is 5.93. The van der Waals surface area contributed by atoms with E-state index in [1.54, 1.807) is 32.7 Å². The van der Waals surface area contributed by atoms with Gasteiger partial charge in [0.2, 0.25) is 5.91 Å². The van der Waals surface area contributed by atoms with Crippen LogP contribution in [0.1, 0.15) is 27.2 Å².